The molecule has 3 rings (SSSR count). The largest absolute Gasteiger partial charge is 0.491 e. The van der Waals surface area contributed by atoms with Gasteiger partial charge in [0.15, 0.2) is 0 Å². The summed E-state index contributed by atoms with van der Waals surface area (Å²) in [6.45, 7) is 8.32. The summed E-state index contributed by atoms with van der Waals surface area (Å²) in [5, 5.41) is 0. The number of rotatable bonds is 6. The van der Waals surface area contributed by atoms with Crippen molar-refractivity contribution in [3.63, 3.8) is 0 Å². The number of ether oxygens (including phenoxy) is 2. The lowest BCUT2D eigenvalue weighted by Gasteiger charge is -2.11. The Morgan fingerprint density at radius 1 is 0.472 bits per heavy atom. The average Bonchev–Trinajstić information content (AvgIpc) is 2.91. The SMILES string of the molecule is CCC(C)Oc1ccc(C#CC#Cc2ccc(C#CC#Cc3ccc(OC(C)CC)cc3)cc2)cc1. The van der Waals surface area contributed by atoms with Crippen LogP contribution in [0.3, 0.4) is 0 Å². The van der Waals surface area contributed by atoms with Crippen molar-refractivity contribution in [1.82, 2.24) is 0 Å². The molecule has 0 saturated carbocycles. The minimum absolute atomic E-state index is 0.205. The summed E-state index contributed by atoms with van der Waals surface area (Å²) in [6, 6.07) is 23.3. The first-order chi connectivity index (χ1) is 17.6. The van der Waals surface area contributed by atoms with E-state index in [0.29, 0.717) is 0 Å². The Morgan fingerprint density at radius 3 is 0.972 bits per heavy atom. The van der Waals surface area contributed by atoms with Crippen molar-refractivity contribution in [1.29, 1.82) is 0 Å². The van der Waals surface area contributed by atoms with Gasteiger partial charge in [-0.1, -0.05) is 37.5 Å². The maximum absolute atomic E-state index is 5.78. The van der Waals surface area contributed by atoms with Gasteiger partial charge in [0, 0.05) is 22.3 Å². The minimum Gasteiger partial charge on any atom is -0.491 e. The Bertz CT molecular complexity index is 1260. The molecule has 36 heavy (non-hydrogen) atoms. The van der Waals surface area contributed by atoms with Crippen LogP contribution >= 0.6 is 0 Å². The summed E-state index contributed by atoms with van der Waals surface area (Å²) in [6.07, 6.45) is 2.36. The minimum atomic E-state index is 0.205. The highest BCUT2D eigenvalue weighted by molar-refractivity contribution is 5.49. The molecule has 3 aromatic carbocycles. The smallest absolute Gasteiger partial charge is 0.119 e. The van der Waals surface area contributed by atoms with Crippen LogP contribution in [0.1, 0.15) is 62.8 Å². The molecule has 3 aromatic rings. The third-order valence-corrected chi connectivity index (χ3v) is 5.37. The molecule has 178 valence electrons. The summed E-state index contributed by atoms with van der Waals surface area (Å²) in [5.41, 5.74) is 3.58. The molecule has 0 aliphatic heterocycles. The molecule has 0 amide bonds. The van der Waals surface area contributed by atoms with E-state index in [1.165, 1.54) is 0 Å². The lowest BCUT2D eigenvalue weighted by atomic mass is 10.1. The molecule has 0 aliphatic rings. The van der Waals surface area contributed by atoms with Gasteiger partial charge in [0.05, 0.1) is 12.2 Å². The Hall–Kier alpha value is -4.50. The molecule has 0 N–H and O–H groups in total. The summed E-state index contributed by atoms with van der Waals surface area (Å²) in [4.78, 5) is 0. The fraction of sp³-hybridized carbons (Fsp3) is 0.235. The molecular formula is C34H30O2. The van der Waals surface area contributed by atoms with E-state index in [4.69, 9.17) is 9.47 Å². The van der Waals surface area contributed by atoms with Gasteiger partial charge < -0.3 is 9.47 Å². The zero-order chi connectivity index (χ0) is 25.6. The second-order valence-electron chi connectivity index (χ2n) is 8.30. The summed E-state index contributed by atoms with van der Waals surface area (Å²) in [5.74, 6) is 25.6. The van der Waals surface area contributed by atoms with Gasteiger partial charge in [-0.15, -0.1) is 0 Å². The zero-order valence-electron chi connectivity index (χ0n) is 21.3. The Labute approximate surface area is 216 Å². The molecule has 2 nitrogen and oxygen atoms in total. The third-order valence-electron chi connectivity index (χ3n) is 5.37. The second-order valence-corrected chi connectivity index (χ2v) is 8.30. The predicted molar refractivity (Wildman–Crippen MR) is 148 cm³/mol. The molecule has 0 fully saturated rings. The van der Waals surface area contributed by atoms with Gasteiger partial charge in [0.1, 0.15) is 11.5 Å². The Morgan fingerprint density at radius 2 is 0.722 bits per heavy atom. The van der Waals surface area contributed by atoms with Crippen molar-refractivity contribution < 1.29 is 9.47 Å². The van der Waals surface area contributed by atoms with Crippen molar-refractivity contribution >= 4 is 0 Å². The lowest BCUT2D eigenvalue weighted by molar-refractivity contribution is 0.217. The molecule has 0 bridgehead atoms. The predicted octanol–water partition coefficient (Wildman–Crippen LogP) is 6.85. The van der Waals surface area contributed by atoms with E-state index in [0.717, 1.165) is 46.6 Å². The Balaban J connectivity index is 1.53. The van der Waals surface area contributed by atoms with Gasteiger partial charge >= 0.3 is 0 Å². The van der Waals surface area contributed by atoms with Gasteiger partial charge in [0.25, 0.3) is 0 Å². The standard InChI is InChI=1S/C34H30O2/c1-5-27(3)35-33-23-19-31(20-24-33)13-9-7-11-29-15-17-30(18-16-29)12-8-10-14-32-21-25-34(26-22-32)36-28(4)6-2/h15-28H,5-6H2,1-4H3. The number of benzene rings is 3. The van der Waals surface area contributed by atoms with Crippen LogP contribution in [0.25, 0.3) is 0 Å². The van der Waals surface area contributed by atoms with Gasteiger partial charge in [-0.25, -0.2) is 0 Å². The van der Waals surface area contributed by atoms with E-state index in [-0.39, 0.29) is 12.2 Å². The highest BCUT2D eigenvalue weighted by atomic mass is 16.5. The second kappa shape index (κ2) is 14.0. The van der Waals surface area contributed by atoms with Crippen LogP contribution in [0.5, 0.6) is 11.5 Å². The van der Waals surface area contributed by atoms with E-state index in [1.54, 1.807) is 0 Å². The third kappa shape index (κ3) is 9.03. The van der Waals surface area contributed by atoms with Crippen LogP contribution in [0.4, 0.5) is 0 Å². The van der Waals surface area contributed by atoms with Crippen LogP contribution in [0, 0.1) is 47.4 Å². The molecule has 0 aliphatic carbocycles. The summed E-state index contributed by atoms with van der Waals surface area (Å²) >= 11 is 0. The first-order valence-electron chi connectivity index (χ1n) is 12.2. The molecule has 0 saturated heterocycles. The van der Waals surface area contributed by atoms with Crippen LogP contribution in [-0.2, 0) is 0 Å². The summed E-state index contributed by atoms with van der Waals surface area (Å²) in [7, 11) is 0. The highest BCUT2D eigenvalue weighted by Crippen LogP contribution is 2.15. The fourth-order valence-electron chi connectivity index (χ4n) is 2.92. The first kappa shape index (κ1) is 26.1. The van der Waals surface area contributed by atoms with E-state index < -0.39 is 0 Å². The van der Waals surface area contributed by atoms with E-state index in [9.17, 15) is 0 Å². The number of hydrogen-bond acceptors (Lipinski definition) is 2. The quantitative estimate of drug-likeness (QED) is 0.367. The van der Waals surface area contributed by atoms with Crippen molar-refractivity contribution in [3.05, 3.63) is 95.1 Å². The fourth-order valence-corrected chi connectivity index (χ4v) is 2.92. The van der Waals surface area contributed by atoms with Crippen molar-refractivity contribution in [2.24, 2.45) is 0 Å². The maximum Gasteiger partial charge on any atom is 0.119 e. The van der Waals surface area contributed by atoms with Crippen LogP contribution in [0.15, 0.2) is 72.8 Å². The van der Waals surface area contributed by atoms with Gasteiger partial charge in [0.2, 0.25) is 0 Å². The molecule has 0 spiro atoms. The Kier molecular flexibility index (Phi) is 10.2. The molecule has 0 aromatic heterocycles. The number of hydrogen-bond donors (Lipinski definition) is 0. The monoisotopic (exact) mass is 470 g/mol. The average molecular weight is 471 g/mol. The molecular weight excluding hydrogens is 440 g/mol. The van der Waals surface area contributed by atoms with Crippen LogP contribution in [-0.4, -0.2) is 12.2 Å². The van der Waals surface area contributed by atoms with Crippen molar-refractivity contribution in [2.45, 2.75) is 52.7 Å². The van der Waals surface area contributed by atoms with Crippen LogP contribution in [0.2, 0.25) is 0 Å². The highest BCUT2D eigenvalue weighted by Gasteiger charge is 2.01. The lowest BCUT2D eigenvalue weighted by Crippen LogP contribution is -2.09. The van der Waals surface area contributed by atoms with Gasteiger partial charge in [-0.05, 0) is 123 Å². The molecule has 0 radical (unpaired) electrons. The van der Waals surface area contributed by atoms with Crippen LogP contribution < -0.4 is 9.47 Å². The molecule has 2 heteroatoms. The maximum atomic E-state index is 5.78. The first-order valence-corrected chi connectivity index (χ1v) is 12.2. The van der Waals surface area contributed by atoms with E-state index in [2.05, 4.69) is 75.1 Å². The molecule has 2 unspecified atom stereocenters. The van der Waals surface area contributed by atoms with E-state index >= 15 is 0 Å². The molecule has 0 heterocycles. The zero-order valence-corrected chi connectivity index (χ0v) is 21.3. The topological polar surface area (TPSA) is 18.5 Å². The van der Waals surface area contributed by atoms with Gasteiger partial charge in [-0.3, -0.25) is 0 Å². The summed E-state index contributed by atoms with van der Waals surface area (Å²) < 4.78 is 11.6. The molecule has 2 atom stereocenters. The van der Waals surface area contributed by atoms with Crippen molar-refractivity contribution in [2.75, 3.05) is 0 Å². The normalized spacial score (nSPS) is 11.0. The van der Waals surface area contributed by atoms with E-state index in [1.807, 2.05) is 72.8 Å². The van der Waals surface area contributed by atoms with Gasteiger partial charge in [-0.2, -0.15) is 0 Å². The van der Waals surface area contributed by atoms with Crippen molar-refractivity contribution in [3.8, 4) is 58.9 Å².